The van der Waals surface area contributed by atoms with Crippen molar-refractivity contribution in [2.75, 3.05) is 11.1 Å². The van der Waals surface area contributed by atoms with Gasteiger partial charge in [0.2, 0.25) is 0 Å². The van der Waals surface area contributed by atoms with Crippen LogP contribution in [0.15, 0.2) is 90.6 Å². The van der Waals surface area contributed by atoms with Gasteiger partial charge in [0.1, 0.15) is 12.1 Å². The highest BCUT2D eigenvalue weighted by Crippen LogP contribution is 2.39. The van der Waals surface area contributed by atoms with Crippen LogP contribution in [-0.4, -0.2) is 15.7 Å². The number of thioether (sulfide) groups is 1. The molecule has 3 nitrogen and oxygen atoms in total. The molecule has 1 N–H and O–H groups in total. The zero-order valence-electron chi connectivity index (χ0n) is 15.1. The van der Waals surface area contributed by atoms with E-state index in [1.165, 1.54) is 10.5 Å². The van der Waals surface area contributed by atoms with Crippen molar-refractivity contribution in [2.24, 2.45) is 0 Å². The van der Waals surface area contributed by atoms with Gasteiger partial charge in [-0.2, -0.15) is 0 Å². The first kappa shape index (κ1) is 17.6. The normalized spacial score (nSPS) is 14.6. The molecule has 27 heavy (non-hydrogen) atoms. The second-order valence-electron chi connectivity index (χ2n) is 6.35. The van der Waals surface area contributed by atoms with Crippen LogP contribution < -0.4 is 5.32 Å². The van der Waals surface area contributed by atoms with E-state index in [0.29, 0.717) is 0 Å². The molecule has 4 heteroatoms. The zero-order valence-corrected chi connectivity index (χ0v) is 15.9. The van der Waals surface area contributed by atoms with Crippen LogP contribution in [0.5, 0.6) is 0 Å². The highest BCUT2D eigenvalue weighted by molar-refractivity contribution is 7.99. The van der Waals surface area contributed by atoms with Crippen molar-refractivity contribution >= 4 is 28.5 Å². The number of benzene rings is 2. The quantitative estimate of drug-likeness (QED) is 0.562. The molecule has 0 spiro atoms. The first-order valence-electron chi connectivity index (χ1n) is 8.97. The minimum absolute atomic E-state index is 0.0651. The third kappa shape index (κ3) is 3.40. The lowest BCUT2D eigenvalue weighted by Crippen LogP contribution is -2.14. The number of rotatable bonds is 6. The molecule has 0 saturated heterocycles. The Morgan fingerprint density at radius 2 is 1.96 bits per heavy atom. The van der Waals surface area contributed by atoms with Gasteiger partial charge in [0.05, 0.1) is 11.6 Å². The van der Waals surface area contributed by atoms with Gasteiger partial charge in [0, 0.05) is 16.0 Å². The van der Waals surface area contributed by atoms with Gasteiger partial charge in [-0.15, -0.1) is 11.8 Å². The molecule has 1 atom stereocenters. The zero-order chi connectivity index (χ0) is 18.6. The Balaban J connectivity index is 1.85. The molecular weight excluding hydrogens is 350 g/mol. The molecule has 3 aromatic rings. The van der Waals surface area contributed by atoms with Gasteiger partial charge in [-0.25, -0.2) is 9.97 Å². The number of hydrogen-bond donors (Lipinski definition) is 1. The molecule has 134 valence electrons. The number of hydrogen-bond acceptors (Lipinski definition) is 4. The van der Waals surface area contributed by atoms with Crippen LogP contribution in [0, 0.1) is 0 Å². The molecule has 0 amide bonds. The first-order chi connectivity index (χ1) is 13.3. The smallest absolute Gasteiger partial charge is 0.138 e. The summed E-state index contributed by atoms with van der Waals surface area (Å²) in [7, 11) is 0. The molecule has 0 radical (unpaired) electrons. The van der Waals surface area contributed by atoms with Crippen LogP contribution in [0.2, 0.25) is 0 Å². The van der Waals surface area contributed by atoms with Gasteiger partial charge in [0.25, 0.3) is 0 Å². The standard InChI is InChI=1S/C23H21N3S/c1-3-8-16(4-2)22(17-9-6-5-7-10-17)26-23-21-18-13-14-27-20(18)12-11-19(21)24-15-25-23/h3-12,15,22H,1-2,13-14H2,(H,24,25,26)/b16-8+. The first-order valence-corrected chi connectivity index (χ1v) is 9.96. The van der Waals surface area contributed by atoms with Crippen LogP contribution in [-0.2, 0) is 6.42 Å². The number of allylic oxidation sites excluding steroid dienone is 2. The molecule has 1 unspecified atom stereocenters. The number of fused-ring (bicyclic) bond motifs is 3. The second kappa shape index (κ2) is 7.80. The highest BCUT2D eigenvalue weighted by Gasteiger charge is 2.21. The van der Waals surface area contributed by atoms with E-state index >= 15 is 0 Å². The lowest BCUT2D eigenvalue weighted by atomic mass is 9.97. The van der Waals surface area contributed by atoms with Gasteiger partial charge in [0.15, 0.2) is 0 Å². The van der Waals surface area contributed by atoms with E-state index < -0.39 is 0 Å². The molecule has 1 aromatic heterocycles. The Morgan fingerprint density at radius 3 is 2.74 bits per heavy atom. The summed E-state index contributed by atoms with van der Waals surface area (Å²) in [6.07, 6.45) is 8.33. The maximum absolute atomic E-state index is 4.61. The molecule has 0 bridgehead atoms. The van der Waals surface area contributed by atoms with Crippen molar-refractivity contribution in [1.29, 1.82) is 0 Å². The second-order valence-corrected chi connectivity index (χ2v) is 7.49. The fourth-order valence-corrected chi connectivity index (χ4v) is 4.59. The number of nitrogens with zero attached hydrogens (tertiary/aromatic N) is 2. The predicted octanol–water partition coefficient (Wildman–Crippen LogP) is 5.73. The van der Waals surface area contributed by atoms with E-state index in [2.05, 4.69) is 52.7 Å². The SMILES string of the molecule is C=C/C=C(\C=C)C(Nc1ncnc2ccc3c(c12)CCS3)c1ccccc1. The fraction of sp³-hybridized carbons (Fsp3) is 0.130. The van der Waals surface area contributed by atoms with E-state index in [-0.39, 0.29) is 6.04 Å². The Kier molecular flexibility index (Phi) is 5.07. The van der Waals surface area contributed by atoms with E-state index in [1.807, 2.05) is 42.1 Å². The van der Waals surface area contributed by atoms with Gasteiger partial charge >= 0.3 is 0 Å². The summed E-state index contributed by atoms with van der Waals surface area (Å²) in [5, 5.41) is 4.78. The number of aryl methyl sites for hydroxylation is 1. The summed E-state index contributed by atoms with van der Waals surface area (Å²) in [6, 6.07) is 14.5. The summed E-state index contributed by atoms with van der Waals surface area (Å²) in [5.41, 5.74) is 4.53. The summed E-state index contributed by atoms with van der Waals surface area (Å²) in [5.74, 6) is 1.98. The minimum Gasteiger partial charge on any atom is -0.359 e. The van der Waals surface area contributed by atoms with Gasteiger partial charge in [-0.3, -0.25) is 0 Å². The van der Waals surface area contributed by atoms with Gasteiger partial charge in [-0.05, 0) is 35.3 Å². The fourth-order valence-electron chi connectivity index (χ4n) is 3.52. The molecular formula is C23H21N3S. The van der Waals surface area contributed by atoms with Crippen molar-refractivity contribution in [3.63, 3.8) is 0 Å². The Hall–Kier alpha value is -2.85. The summed E-state index contributed by atoms with van der Waals surface area (Å²) in [4.78, 5) is 10.4. The van der Waals surface area contributed by atoms with Crippen molar-refractivity contribution in [3.05, 3.63) is 96.9 Å². The minimum atomic E-state index is -0.0651. The van der Waals surface area contributed by atoms with E-state index in [1.54, 1.807) is 12.4 Å². The molecule has 4 rings (SSSR count). The lowest BCUT2D eigenvalue weighted by molar-refractivity contribution is 0.926. The van der Waals surface area contributed by atoms with Crippen LogP contribution >= 0.6 is 11.8 Å². The summed E-state index contributed by atoms with van der Waals surface area (Å²) >= 11 is 1.90. The lowest BCUT2D eigenvalue weighted by Gasteiger charge is -2.22. The number of nitrogens with one attached hydrogen (secondary N) is 1. The molecule has 0 saturated carbocycles. The Morgan fingerprint density at radius 1 is 1.11 bits per heavy atom. The highest BCUT2D eigenvalue weighted by atomic mass is 32.2. The van der Waals surface area contributed by atoms with Gasteiger partial charge in [-0.1, -0.05) is 61.7 Å². The van der Waals surface area contributed by atoms with E-state index in [0.717, 1.165) is 40.0 Å². The largest absolute Gasteiger partial charge is 0.359 e. The van der Waals surface area contributed by atoms with Crippen LogP contribution in [0.3, 0.4) is 0 Å². The van der Waals surface area contributed by atoms with Crippen LogP contribution in [0.1, 0.15) is 17.2 Å². The maximum atomic E-state index is 4.61. The van der Waals surface area contributed by atoms with Crippen molar-refractivity contribution < 1.29 is 0 Å². The topological polar surface area (TPSA) is 37.8 Å². The Labute approximate surface area is 163 Å². The average Bonchev–Trinajstić information content (AvgIpc) is 3.20. The molecule has 1 aliphatic rings. The summed E-state index contributed by atoms with van der Waals surface area (Å²) < 4.78 is 0. The molecule has 2 heterocycles. The third-order valence-electron chi connectivity index (χ3n) is 4.77. The molecule has 0 fully saturated rings. The summed E-state index contributed by atoms with van der Waals surface area (Å²) in [6.45, 7) is 7.84. The monoisotopic (exact) mass is 371 g/mol. The van der Waals surface area contributed by atoms with E-state index in [4.69, 9.17) is 0 Å². The van der Waals surface area contributed by atoms with Crippen LogP contribution in [0.25, 0.3) is 10.9 Å². The van der Waals surface area contributed by atoms with E-state index in [9.17, 15) is 0 Å². The third-order valence-corrected chi connectivity index (χ3v) is 5.87. The Bertz CT molecular complexity index is 1020. The predicted molar refractivity (Wildman–Crippen MR) is 115 cm³/mol. The van der Waals surface area contributed by atoms with Crippen molar-refractivity contribution in [3.8, 4) is 0 Å². The number of aromatic nitrogens is 2. The molecule has 1 aliphatic heterocycles. The molecule has 2 aromatic carbocycles. The maximum Gasteiger partial charge on any atom is 0.138 e. The van der Waals surface area contributed by atoms with Crippen LogP contribution in [0.4, 0.5) is 5.82 Å². The average molecular weight is 372 g/mol. The molecule has 0 aliphatic carbocycles. The van der Waals surface area contributed by atoms with Crippen molar-refractivity contribution in [1.82, 2.24) is 9.97 Å². The van der Waals surface area contributed by atoms with Gasteiger partial charge < -0.3 is 5.32 Å². The van der Waals surface area contributed by atoms with Crippen molar-refractivity contribution in [2.45, 2.75) is 17.4 Å². The number of anilines is 1.